The van der Waals surface area contributed by atoms with Gasteiger partial charge in [-0.3, -0.25) is 4.31 Å². The number of anilines is 2. The molecule has 0 aliphatic rings. The molecule has 0 atom stereocenters. The largest absolute Gasteiger partial charge is 0.384 e. The van der Waals surface area contributed by atoms with E-state index in [1.165, 1.54) is 31.3 Å². The lowest BCUT2D eigenvalue weighted by molar-refractivity contribution is 0.594. The lowest BCUT2D eigenvalue weighted by atomic mass is 10.3. The zero-order chi connectivity index (χ0) is 15.5. The van der Waals surface area contributed by atoms with Crippen molar-refractivity contribution in [3.8, 4) is 0 Å². The molecule has 21 heavy (non-hydrogen) atoms. The van der Waals surface area contributed by atoms with Crippen molar-refractivity contribution in [2.24, 2.45) is 0 Å². The molecule has 0 heterocycles. The van der Waals surface area contributed by atoms with Crippen LogP contribution in [0, 0.1) is 5.82 Å². The highest BCUT2D eigenvalue weighted by atomic mass is 32.2. The second kappa shape index (κ2) is 6.13. The van der Waals surface area contributed by atoms with Crippen LogP contribution in [0.4, 0.5) is 15.8 Å². The number of benzene rings is 2. The molecule has 4 nitrogen and oxygen atoms in total. The molecule has 6 heteroatoms. The summed E-state index contributed by atoms with van der Waals surface area (Å²) in [5.74, 6) is -0.405. The van der Waals surface area contributed by atoms with Crippen molar-refractivity contribution < 1.29 is 12.8 Å². The summed E-state index contributed by atoms with van der Waals surface area (Å²) in [6.45, 7) is 2.51. The Bertz CT molecular complexity index is 715. The standard InChI is InChI=1S/C15H17FN2O2S/c1-3-17-14-6-4-5-7-15(14)21(19,20)18(2)13-10-8-12(16)9-11-13/h4-11,17H,3H2,1-2H3. The Kier molecular flexibility index (Phi) is 4.47. The quantitative estimate of drug-likeness (QED) is 0.923. The third kappa shape index (κ3) is 3.16. The highest BCUT2D eigenvalue weighted by Crippen LogP contribution is 2.27. The number of hydrogen-bond acceptors (Lipinski definition) is 3. The van der Waals surface area contributed by atoms with E-state index >= 15 is 0 Å². The maximum atomic E-state index is 13.0. The predicted molar refractivity (Wildman–Crippen MR) is 82.6 cm³/mol. The molecule has 0 bridgehead atoms. The molecule has 1 N–H and O–H groups in total. The molecule has 112 valence electrons. The second-order valence-corrected chi connectivity index (χ2v) is 6.41. The highest BCUT2D eigenvalue weighted by Gasteiger charge is 2.24. The summed E-state index contributed by atoms with van der Waals surface area (Å²) >= 11 is 0. The van der Waals surface area contributed by atoms with E-state index in [-0.39, 0.29) is 4.90 Å². The SMILES string of the molecule is CCNc1ccccc1S(=O)(=O)N(C)c1ccc(F)cc1. The molecule has 0 aliphatic heterocycles. The molecule has 0 unspecified atom stereocenters. The van der Waals surface area contributed by atoms with Crippen LogP contribution in [0.2, 0.25) is 0 Å². The van der Waals surface area contributed by atoms with E-state index in [0.29, 0.717) is 17.9 Å². The van der Waals surface area contributed by atoms with E-state index in [9.17, 15) is 12.8 Å². The van der Waals surface area contributed by atoms with E-state index in [4.69, 9.17) is 0 Å². The van der Waals surface area contributed by atoms with Crippen LogP contribution in [0.25, 0.3) is 0 Å². The summed E-state index contributed by atoms with van der Waals surface area (Å²) in [5.41, 5.74) is 0.955. The van der Waals surface area contributed by atoms with Gasteiger partial charge in [0.2, 0.25) is 0 Å². The van der Waals surface area contributed by atoms with E-state index < -0.39 is 15.8 Å². The van der Waals surface area contributed by atoms with Crippen molar-refractivity contribution in [2.45, 2.75) is 11.8 Å². The van der Waals surface area contributed by atoms with Crippen LogP contribution < -0.4 is 9.62 Å². The Morgan fingerprint density at radius 1 is 1.10 bits per heavy atom. The molecule has 0 radical (unpaired) electrons. The molecule has 2 aromatic carbocycles. The summed E-state index contributed by atoms with van der Waals surface area (Å²) in [7, 11) is -2.26. The van der Waals surface area contributed by atoms with Gasteiger partial charge in [0, 0.05) is 13.6 Å². The molecular formula is C15H17FN2O2S. The van der Waals surface area contributed by atoms with E-state index in [0.717, 1.165) is 4.31 Å². The minimum atomic E-state index is -3.71. The van der Waals surface area contributed by atoms with Gasteiger partial charge in [0.25, 0.3) is 10.0 Å². The Hall–Kier alpha value is -2.08. The van der Waals surface area contributed by atoms with Crippen LogP contribution in [0.3, 0.4) is 0 Å². The van der Waals surface area contributed by atoms with Crippen molar-refractivity contribution in [1.82, 2.24) is 0 Å². The molecule has 0 fully saturated rings. The molecule has 2 rings (SSSR count). The van der Waals surface area contributed by atoms with Crippen LogP contribution in [0.15, 0.2) is 53.4 Å². The molecule has 2 aromatic rings. The van der Waals surface area contributed by atoms with Gasteiger partial charge in [0.1, 0.15) is 10.7 Å². The lowest BCUT2D eigenvalue weighted by Gasteiger charge is -2.21. The average molecular weight is 308 g/mol. The topological polar surface area (TPSA) is 49.4 Å². The molecular weight excluding hydrogens is 291 g/mol. The van der Waals surface area contributed by atoms with Gasteiger partial charge >= 0.3 is 0 Å². The summed E-state index contributed by atoms with van der Waals surface area (Å²) in [4.78, 5) is 0.193. The highest BCUT2D eigenvalue weighted by molar-refractivity contribution is 7.93. The minimum Gasteiger partial charge on any atom is -0.384 e. The first kappa shape index (κ1) is 15.3. The number of sulfonamides is 1. The Morgan fingerprint density at radius 3 is 2.33 bits per heavy atom. The van der Waals surface area contributed by atoms with Crippen molar-refractivity contribution in [1.29, 1.82) is 0 Å². The summed E-state index contributed by atoms with van der Waals surface area (Å²) < 4.78 is 39.5. The normalized spacial score (nSPS) is 11.2. The fraction of sp³-hybridized carbons (Fsp3) is 0.200. The van der Waals surface area contributed by atoms with Crippen LogP contribution in [-0.4, -0.2) is 22.0 Å². The number of para-hydroxylation sites is 1. The summed E-state index contributed by atoms with van der Waals surface area (Å²) in [5, 5.41) is 3.03. The van der Waals surface area contributed by atoms with Gasteiger partial charge in [-0.25, -0.2) is 12.8 Å². The van der Waals surface area contributed by atoms with Gasteiger partial charge in [-0.15, -0.1) is 0 Å². The molecule has 0 aromatic heterocycles. The Morgan fingerprint density at radius 2 is 1.71 bits per heavy atom. The Balaban J connectivity index is 2.44. The molecule has 0 aliphatic carbocycles. The van der Waals surface area contributed by atoms with Gasteiger partial charge in [-0.2, -0.15) is 0 Å². The van der Waals surface area contributed by atoms with Crippen LogP contribution in [-0.2, 0) is 10.0 Å². The van der Waals surface area contributed by atoms with Crippen molar-refractivity contribution in [2.75, 3.05) is 23.2 Å². The third-order valence-corrected chi connectivity index (χ3v) is 4.93. The van der Waals surface area contributed by atoms with E-state index in [1.807, 2.05) is 6.92 Å². The van der Waals surface area contributed by atoms with Crippen LogP contribution >= 0.6 is 0 Å². The summed E-state index contributed by atoms with van der Waals surface area (Å²) in [6, 6.07) is 12.0. The first-order chi connectivity index (χ1) is 9.96. The van der Waals surface area contributed by atoms with Gasteiger partial charge in [-0.1, -0.05) is 12.1 Å². The molecule has 0 saturated heterocycles. The van der Waals surface area contributed by atoms with Gasteiger partial charge in [-0.05, 0) is 43.3 Å². The average Bonchev–Trinajstić information content (AvgIpc) is 2.48. The molecule has 0 amide bonds. The van der Waals surface area contributed by atoms with Gasteiger partial charge < -0.3 is 5.32 Å². The number of halogens is 1. The smallest absolute Gasteiger partial charge is 0.266 e. The van der Waals surface area contributed by atoms with Crippen molar-refractivity contribution in [3.05, 3.63) is 54.3 Å². The third-order valence-electron chi connectivity index (χ3n) is 3.08. The number of nitrogens with zero attached hydrogens (tertiary/aromatic N) is 1. The van der Waals surface area contributed by atoms with Crippen molar-refractivity contribution in [3.63, 3.8) is 0 Å². The van der Waals surface area contributed by atoms with Gasteiger partial charge in [0.15, 0.2) is 0 Å². The number of rotatable bonds is 5. The van der Waals surface area contributed by atoms with Crippen LogP contribution in [0.1, 0.15) is 6.92 Å². The van der Waals surface area contributed by atoms with Gasteiger partial charge in [0.05, 0.1) is 11.4 Å². The first-order valence-corrected chi connectivity index (χ1v) is 7.98. The zero-order valence-corrected chi connectivity index (χ0v) is 12.7. The summed E-state index contributed by atoms with van der Waals surface area (Å²) in [6.07, 6.45) is 0. The first-order valence-electron chi connectivity index (χ1n) is 6.54. The minimum absolute atomic E-state index is 0.193. The van der Waals surface area contributed by atoms with Crippen molar-refractivity contribution >= 4 is 21.4 Å². The molecule has 0 spiro atoms. The zero-order valence-electron chi connectivity index (χ0n) is 11.9. The maximum Gasteiger partial charge on any atom is 0.266 e. The Labute approximate surface area is 124 Å². The second-order valence-electron chi connectivity index (χ2n) is 4.48. The number of nitrogens with one attached hydrogen (secondary N) is 1. The predicted octanol–water partition coefficient (Wildman–Crippen LogP) is 3.08. The fourth-order valence-corrected chi connectivity index (χ4v) is 3.33. The monoisotopic (exact) mass is 308 g/mol. The maximum absolute atomic E-state index is 13.0. The van der Waals surface area contributed by atoms with Crippen LogP contribution in [0.5, 0.6) is 0 Å². The number of hydrogen-bond donors (Lipinski definition) is 1. The fourth-order valence-electron chi connectivity index (χ4n) is 1.97. The molecule has 0 saturated carbocycles. The lowest BCUT2D eigenvalue weighted by Crippen LogP contribution is -2.27. The van der Waals surface area contributed by atoms with E-state index in [1.54, 1.807) is 24.3 Å². The van der Waals surface area contributed by atoms with E-state index in [2.05, 4.69) is 5.32 Å².